The van der Waals surface area contributed by atoms with Crippen LogP contribution >= 0.6 is 0 Å². The van der Waals surface area contributed by atoms with Crippen LogP contribution in [0.5, 0.6) is 17.2 Å². The Balaban J connectivity index is 0.749. The lowest BCUT2D eigenvalue weighted by molar-refractivity contribution is -0.259. The van der Waals surface area contributed by atoms with E-state index in [4.69, 9.17) is 33.2 Å². The van der Waals surface area contributed by atoms with Crippen LogP contribution < -0.4 is 31.3 Å². The van der Waals surface area contributed by atoms with Gasteiger partial charge in [-0.3, -0.25) is 53.0 Å². The molecule has 8 atom stereocenters. The lowest BCUT2D eigenvalue weighted by Gasteiger charge is -2.69. The molecule has 0 aromatic heterocycles. The SMILES string of the molecule is COc1cccc2c1C(=O)c1c(O)c3c(c(O)c1C2=O)C[C@@](O)(C(=O)NC12CC(OCNC(=O)CNC(=O)CNC(=O)CNC(=O)CCN4C(=O)C=CC4=O)(C1)C2)C[C@@H]3O[C@H]1C[C@H]2[C@H](O[C@@H]3[C@@H](OC)OCCN32)[C@H](C)O1. The number of phenolic OH excluding ortho intramolecular Hbond substituents is 2. The zero-order chi connectivity index (χ0) is 54.0. The number of carbonyl (C=O) groups is 9. The van der Waals surface area contributed by atoms with Crippen LogP contribution in [0.1, 0.15) is 94.5 Å². The summed E-state index contributed by atoms with van der Waals surface area (Å²) < 4.78 is 42.0. The van der Waals surface area contributed by atoms with Crippen molar-refractivity contribution in [3.63, 3.8) is 0 Å². The smallest absolute Gasteiger partial charge is 0.253 e. The second-order valence-corrected chi connectivity index (χ2v) is 20.3. The minimum Gasteiger partial charge on any atom is -0.507 e. The van der Waals surface area contributed by atoms with E-state index in [2.05, 4.69) is 31.5 Å². The second-order valence-electron chi connectivity index (χ2n) is 20.3. The van der Waals surface area contributed by atoms with Crippen molar-refractivity contribution in [2.75, 3.05) is 60.3 Å². The van der Waals surface area contributed by atoms with E-state index in [9.17, 15) is 58.5 Å². The number of nitrogens with one attached hydrogen (secondary N) is 5. The van der Waals surface area contributed by atoms with Crippen LogP contribution in [0, 0.1) is 0 Å². The number of benzene rings is 2. The van der Waals surface area contributed by atoms with Gasteiger partial charge in [0, 0.05) is 86.3 Å². The molecule has 4 heterocycles. The maximum atomic E-state index is 14.4. The number of hydrogen-bond acceptors (Lipinski definition) is 20. The number of phenols is 2. The van der Waals surface area contributed by atoms with Crippen molar-refractivity contribution in [2.24, 2.45) is 0 Å². The molecular formula is C50H57N7O19. The topological polar surface area (TPSA) is 346 Å². The van der Waals surface area contributed by atoms with E-state index in [0.29, 0.717) is 32.4 Å². The summed E-state index contributed by atoms with van der Waals surface area (Å²) in [6.07, 6.45) is -2.45. The van der Waals surface area contributed by atoms with E-state index in [1.807, 2.05) is 6.92 Å². The van der Waals surface area contributed by atoms with Crippen molar-refractivity contribution in [3.8, 4) is 17.2 Å². The first-order chi connectivity index (χ1) is 36.3. The Morgan fingerprint density at radius 1 is 0.829 bits per heavy atom. The standard InChI is InChI=1S/C50H57N7O19/c1-23-44-26(56-11-12-72-46(71-3)45(56)76-44)13-35(74-23)75-28-15-50(69,14-25-37(28)43(67)39-38(41(25)65)40(64)24-5-4-6-27(70-2)36(24)42(39)66)47(68)55-48-19-49(20-48,21-48)73-22-54-32(61)18-53-31(60)17-52-30(59)16-51-29(58)9-10-57-33(62)7-8-34(57)63/h4-8,23,26,28,35,44-46,65,67,69H,9-22H2,1-3H3,(H,51,58)(H,52,59)(H,53,60)(H,54,61)(H,55,68)/t23-,26-,28-,35-,44+,45+,46-,48?,49?,50-/m0/s1. The largest absolute Gasteiger partial charge is 0.507 e. The molecule has 26 nitrogen and oxygen atoms in total. The number of fused-ring (bicyclic) bond motifs is 6. The normalized spacial score (nSPS) is 30.6. The van der Waals surface area contributed by atoms with Crippen LogP contribution in [0.3, 0.4) is 0 Å². The summed E-state index contributed by atoms with van der Waals surface area (Å²) in [5, 5.41) is 49.2. The molecule has 0 radical (unpaired) electrons. The monoisotopic (exact) mass is 1060 g/mol. The summed E-state index contributed by atoms with van der Waals surface area (Å²) in [6, 6.07) is 4.16. The van der Waals surface area contributed by atoms with E-state index < -0.39 is 162 Å². The molecule has 0 spiro atoms. The van der Waals surface area contributed by atoms with E-state index >= 15 is 0 Å². The molecule has 2 bridgehead atoms. The molecule has 5 aliphatic carbocycles. The molecule has 9 aliphatic rings. The molecule has 3 saturated carbocycles. The van der Waals surface area contributed by atoms with E-state index in [1.165, 1.54) is 32.4 Å². The zero-order valence-corrected chi connectivity index (χ0v) is 41.6. The van der Waals surface area contributed by atoms with Gasteiger partial charge in [-0.25, -0.2) is 0 Å². The Kier molecular flexibility index (Phi) is 14.0. The van der Waals surface area contributed by atoms with Crippen LogP contribution in [-0.4, -0.2) is 192 Å². The third-order valence-electron chi connectivity index (χ3n) is 15.4. The number of aliphatic hydroxyl groups is 1. The van der Waals surface area contributed by atoms with Crippen molar-refractivity contribution >= 4 is 52.9 Å². The molecule has 8 N–H and O–H groups in total. The highest BCUT2D eigenvalue weighted by molar-refractivity contribution is 6.31. The molecule has 0 unspecified atom stereocenters. The highest BCUT2D eigenvalue weighted by Crippen LogP contribution is 2.63. The van der Waals surface area contributed by atoms with Gasteiger partial charge in [0.1, 0.15) is 35.7 Å². The Morgan fingerprint density at radius 3 is 2.16 bits per heavy atom. The molecule has 406 valence electrons. The van der Waals surface area contributed by atoms with Crippen molar-refractivity contribution in [3.05, 3.63) is 63.7 Å². The van der Waals surface area contributed by atoms with Gasteiger partial charge in [0.25, 0.3) is 17.7 Å². The van der Waals surface area contributed by atoms with Gasteiger partial charge in [-0.1, -0.05) is 12.1 Å². The first-order valence-electron chi connectivity index (χ1n) is 24.8. The first kappa shape index (κ1) is 52.5. The fourth-order valence-electron chi connectivity index (χ4n) is 11.8. The third kappa shape index (κ3) is 9.45. The van der Waals surface area contributed by atoms with Gasteiger partial charge in [0.2, 0.25) is 29.4 Å². The number of ether oxygens (including phenoxy) is 7. The van der Waals surface area contributed by atoms with Gasteiger partial charge in [-0.2, -0.15) is 0 Å². The minimum absolute atomic E-state index is 0.0737. The Morgan fingerprint density at radius 2 is 1.49 bits per heavy atom. The molecule has 3 saturated heterocycles. The molecule has 26 heteroatoms. The van der Waals surface area contributed by atoms with Crippen molar-refractivity contribution < 1.29 is 91.6 Å². The third-order valence-corrected chi connectivity index (χ3v) is 15.4. The van der Waals surface area contributed by atoms with Gasteiger partial charge in [-0.05, 0) is 32.3 Å². The molecular weight excluding hydrogens is 1000 g/mol. The summed E-state index contributed by atoms with van der Waals surface area (Å²) in [4.78, 5) is 118. The minimum atomic E-state index is -2.31. The summed E-state index contributed by atoms with van der Waals surface area (Å²) in [5.74, 6) is -7.36. The number of morpholine rings is 1. The average Bonchev–Trinajstić information content (AvgIpc) is 3.94. The second kappa shape index (κ2) is 20.2. The van der Waals surface area contributed by atoms with E-state index in [-0.39, 0.29) is 60.2 Å². The summed E-state index contributed by atoms with van der Waals surface area (Å²) in [6.45, 7) is 0.885. The zero-order valence-electron chi connectivity index (χ0n) is 41.6. The summed E-state index contributed by atoms with van der Waals surface area (Å²) in [7, 11) is 2.85. The number of carbonyl (C=O) groups excluding carboxylic acids is 9. The summed E-state index contributed by atoms with van der Waals surface area (Å²) in [5.41, 5.74) is -5.23. The average molecular weight is 1060 g/mol. The highest BCUT2D eigenvalue weighted by Gasteiger charge is 2.70. The van der Waals surface area contributed by atoms with Gasteiger partial charge in [0.05, 0.1) is 67.9 Å². The molecule has 7 amide bonds. The van der Waals surface area contributed by atoms with Crippen LogP contribution in [-0.2, 0) is 68.4 Å². The predicted molar refractivity (Wildman–Crippen MR) is 253 cm³/mol. The quantitative estimate of drug-likeness (QED) is 0.0377. The van der Waals surface area contributed by atoms with Crippen molar-refractivity contribution in [1.29, 1.82) is 0 Å². The maximum Gasteiger partial charge on any atom is 0.253 e. The van der Waals surface area contributed by atoms with Gasteiger partial charge in [0.15, 0.2) is 24.6 Å². The number of ketones is 2. The first-order valence-corrected chi connectivity index (χ1v) is 24.8. The van der Waals surface area contributed by atoms with Gasteiger partial charge in [-0.15, -0.1) is 0 Å². The Bertz CT molecular complexity index is 2820. The van der Waals surface area contributed by atoms with Gasteiger partial charge >= 0.3 is 0 Å². The number of hydrogen-bond donors (Lipinski definition) is 8. The maximum absolute atomic E-state index is 14.4. The van der Waals surface area contributed by atoms with Crippen LogP contribution in [0.25, 0.3) is 0 Å². The molecule has 76 heavy (non-hydrogen) atoms. The molecule has 11 rings (SSSR count). The predicted octanol–water partition coefficient (Wildman–Crippen LogP) is -2.30. The number of amides is 7. The lowest BCUT2D eigenvalue weighted by atomic mass is 9.46. The van der Waals surface area contributed by atoms with Gasteiger partial charge < -0.3 is 75.1 Å². The van der Waals surface area contributed by atoms with E-state index in [0.717, 1.165) is 17.1 Å². The molecule has 6 fully saturated rings. The van der Waals surface area contributed by atoms with Crippen molar-refractivity contribution in [2.45, 2.75) is 112 Å². The number of methoxy groups -OCH3 is 2. The highest BCUT2D eigenvalue weighted by atomic mass is 16.7. The molecule has 4 aliphatic heterocycles. The Hall–Kier alpha value is -6.91. The van der Waals surface area contributed by atoms with Crippen molar-refractivity contribution in [1.82, 2.24) is 36.4 Å². The van der Waals surface area contributed by atoms with E-state index in [1.54, 1.807) is 0 Å². The lowest BCUT2D eigenvalue weighted by Crippen LogP contribution is -2.81. The molecule has 2 aromatic rings. The van der Waals surface area contributed by atoms with Crippen LogP contribution in [0.2, 0.25) is 0 Å². The fraction of sp³-hybridized carbons (Fsp3) is 0.540. The number of imide groups is 1. The number of rotatable bonds is 18. The number of aromatic hydroxyl groups is 2. The summed E-state index contributed by atoms with van der Waals surface area (Å²) >= 11 is 0. The van der Waals surface area contributed by atoms with Crippen LogP contribution in [0.4, 0.5) is 0 Å². The fourth-order valence-corrected chi connectivity index (χ4v) is 11.8. The van der Waals surface area contributed by atoms with Crippen LogP contribution in [0.15, 0.2) is 30.4 Å². The number of nitrogens with zero attached hydrogens (tertiary/aromatic N) is 2. The molecule has 2 aromatic carbocycles. The Labute approximate surface area is 433 Å².